The molecule has 134 valence electrons. The largest absolute Gasteiger partial charge is 0.452 e. The first-order valence-corrected chi connectivity index (χ1v) is 8.89. The molecule has 6 nitrogen and oxygen atoms in total. The molecule has 1 aromatic rings. The maximum absolute atomic E-state index is 12.4. The molecule has 2 saturated heterocycles. The van der Waals surface area contributed by atoms with Crippen molar-refractivity contribution < 1.29 is 19.1 Å². The van der Waals surface area contributed by atoms with Gasteiger partial charge in [-0.25, -0.2) is 0 Å². The zero-order valence-electron chi connectivity index (χ0n) is 14.1. The standard InChI is InChI=1S/C18H21ClN2O4/c1-12(17(23)20-8-4-5-9-20)25-18(24)13-10-16(22)21(11-13)15-7-3-2-6-14(15)19/h2-3,6-7,12-13H,4-5,8-11H2,1H3/t12-,13+/m1/s1. The number of hydrogen-bond acceptors (Lipinski definition) is 4. The number of halogens is 1. The molecule has 2 aliphatic heterocycles. The molecular weight excluding hydrogens is 344 g/mol. The number of para-hydroxylation sites is 1. The van der Waals surface area contributed by atoms with Gasteiger partial charge in [0.15, 0.2) is 6.10 Å². The number of carbonyl (C=O) groups is 3. The average molecular weight is 365 g/mol. The number of rotatable bonds is 4. The van der Waals surface area contributed by atoms with Crippen molar-refractivity contribution in [2.45, 2.75) is 32.3 Å². The Bertz CT molecular complexity index is 687. The van der Waals surface area contributed by atoms with Crippen LogP contribution < -0.4 is 4.90 Å². The lowest BCUT2D eigenvalue weighted by Gasteiger charge is -2.22. The molecule has 7 heteroatoms. The van der Waals surface area contributed by atoms with Crippen LogP contribution in [0.1, 0.15) is 26.2 Å². The molecule has 2 aliphatic rings. The van der Waals surface area contributed by atoms with Gasteiger partial charge < -0.3 is 14.5 Å². The third kappa shape index (κ3) is 3.79. The summed E-state index contributed by atoms with van der Waals surface area (Å²) in [6.45, 7) is 3.22. The highest BCUT2D eigenvalue weighted by Gasteiger charge is 2.38. The molecule has 0 saturated carbocycles. The van der Waals surface area contributed by atoms with Crippen LogP contribution in [0.2, 0.25) is 5.02 Å². The molecule has 0 N–H and O–H groups in total. The second-order valence-electron chi connectivity index (χ2n) is 6.47. The molecule has 2 heterocycles. The smallest absolute Gasteiger partial charge is 0.312 e. The van der Waals surface area contributed by atoms with Crippen LogP contribution in [-0.4, -0.2) is 48.4 Å². The molecule has 0 radical (unpaired) electrons. The van der Waals surface area contributed by atoms with Gasteiger partial charge in [-0.1, -0.05) is 23.7 Å². The summed E-state index contributed by atoms with van der Waals surface area (Å²) in [6.07, 6.45) is 1.21. The van der Waals surface area contributed by atoms with Gasteiger partial charge in [0.1, 0.15) is 0 Å². The molecule has 0 aromatic heterocycles. The second kappa shape index (κ2) is 7.44. The Hall–Kier alpha value is -2.08. The van der Waals surface area contributed by atoms with E-state index in [-0.39, 0.29) is 24.8 Å². The molecule has 3 rings (SSSR count). The SMILES string of the molecule is C[C@@H](OC(=O)[C@H]1CC(=O)N(c2ccccc2Cl)C1)C(=O)N1CCCC1. The first-order chi connectivity index (χ1) is 12.0. The van der Waals surface area contributed by atoms with Crippen LogP contribution in [0.15, 0.2) is 24.3 Å². The minimum absolute atomic E-state index is 0.0642. The molecule has 2 fully saturated rings. The number of benzene rings is 1. The Balaban J connectivity index is 1.61. The zero-order chi connectivity index (χ0) is 18.0. The highest BCUT2D eigenvalue weighted by molar-refractivity contribution is 6.33. The van der Waals surface area contributed by atoms with Crippen LogP contribution in [0, 0.1) is 5.92 Å². The van der Waals surface area contributed by atoms with Crippen molar-refractivity contribution in [1.82, 2.24) is 4.90 Å². The van der Waals surface area contributed by atoms with Crippen molar-refractivity contribution >= 4 is 35.1 Å². The third-order valence-electron chi connectivity index (χ3n) is 4.66. The molecule has 0 unspecified atom stereocenters. The van der Waals surface area contributed by atoms with E-state index in [1.807, 2.05) is 0 Å². The fourth-order valence-electron chi connectivity index (χ4n) is 3.28. The number of ether oxygens (including phenoxy) is 1. The van der Waals surface area contributed by atoms with Crippen molar-refractivity contribution in [3.05, 3.63) is 29.3 Å². The van der Waals surface area contributed by atoms with Gasteiger partial charge in [0.05, 0.1) is 16.6 Å². The Labute approximate surface area is 151 Å². The van der Waals surface area contributed by atoms with E-state index in [1.54, 1.807) is 36.1 Å². The van der Waals surface area contributed by atoms with Crippen LogP contribution in [0.5, 0.6) is 0 Å². The number of esters is 1. The predicted octanol–water partition coefficient (Wildman–Crippen LogP) is 2.25. The van der Waals surface area contributed by atoms with Gasteiger partial charge in [0.2, 0.25) is 5.91 Å². The molecule has 2 amide bonds. The van der Waals surface area contributed by atoms with Crippen molar-refractivity contribution in [2.24, 2.45) is 5.92 Å². The van der Waals surface area contributed by atoms with Gasteiger partial charge in [0.25, 0.3) is 5.91 Å². The maximum Gasteiger partial charge on any atom is 0.312 e. The summed E-state index contributed by atoms with van der Waals surface area (Å²) in [5, 5.41) is 0.461. The quantitative estimate of drug-likeness (QED) is 0.768. The lowest BCUT2D eigenvalue weighted by molar-refractivity contribution is -0.161. The number of nitrogens with zero attached hydrogens (tertiary/aromatic N) is 2. The Morgan fingerprint density at radius 2 is 1.92 bits per heavy atom. The summed E-state index contributed by atoms with van der Waals surface area (Å²) >= 11 is 6.14. The Kier molecular flexibility index (Phi) is 5.27. The third-order valence-corrected chi connectivity index (χ3v) is 4.98. The van der Waals surface area contributed by atoms with Gasteiger partial charge in [0, 0.05) is 26.1 Å². The van der Waals surface area contributed by atoms with Crippen LogP contribution in [-0.2, 0) is 19.1 Å². The highest BCUT2D eigenvalue weighted by Crippen LogP contribution is 2.31. The lowest BCUT2D eigenvalue weighted by Crippen LogP contribution is -2.39. The Morgan fingerprint density at radius 3 is 2.60 bits per heavy atom. The van der Waals surface area contributed by atoms with Crippen molar-refractivity contribution in [1.29, 1.82) is 0 Å². The van der Waals surface area contributed by atoms with Crippen LogP contribution >= 0.6 is 11.6 Å². The summed E-state index contributed by atoms with van der Waals surface area (Å²) in [7, 11) is 0. The van der Waals surface area contributed by atoms with Gasteiger partial charge in [-0.15, -0.1) is 0 Å². The van der Waals surface area contributed by atoms with Gasteiger partial charge >= 0.3 is 5.97 Å². The molecular formula is C18H21ClN2O4. The number of anilines is 1. The first kappa shape index (κ1) is 17.7. The minimum Gasteiger partial charge on any atom is -0.452 e. The summed E-state index contributed by atoms with van der Waals surface area (Å²) in [5.74, 6) is -1.44. The predicted molar refractivity (Wildman–Crippen MR) is 93.3 cm³/mol. The molecule has 0 bridgehead atoms. The van der Waals surface area contributed by atoms with E-state index in [1.165, 1.54) is 4.90 Å². The lowest BCUT2D eigenvalue weighted by atomic mass is 10.1. The number of amides is 2. The van der Waals surface area contributed by atoms with Crippen molar-refractivity contribution in [3.63, 3.8) is 0 Å². The van der Waals surface area contributed by atoms with E-state index in [2.05, 4.69) is 0 Å². The van der Waals surface area contributed by atoms with E-state index < -0.39 is 18.0 Å². The van der Waals surface area contributed by atoms with Crippen LogP contribution in [0.4, 0.5) is 5.69 Å². The van der Waals surface area contributed by atoms with Gasteiger partial charge in [-0.2, -0.15) is 0 Å². The fraction of sp³-hybridized carbons (Fsp3) is 0.500. The second-order valence-corrected chi connectivity index (χ2v) is 6.88. The molecule has 1 aromatic carbocycles. The van der Waals surface area contributed by atoms with E-state index in [4.69, 9.17) is 16.3 Å². The summed E-state index contributed by atoms with van der Waals surface area (Å²) in [4.78, 5) is 40.1. The van der Waals surface area contributed by atoms with Gasteiger partial charge in [-0.05, 0) is 31.9 Å². The van der Waals surface area contributed by atoms with Crippen LogP contribution in [0.3, 0.4) is 0 Å². The molecule has 2 atom stereocenters. The average Bonchev–Trinajstić information content (AvgIpc) is 3.24. The summed E-state index contributed by atoms with van der Waals surface area (Å²) in [5.41, 5.74) is 0.589. The van der Waals surface area contributed by atoms with Crippen molar-refractivity contribution in [2.75, 3.05) is 24.5 Å². The normalized spacial score (nSPS) is 21.5. The van der Waals surface area contributed by atoms with E-state index >= 15 is 0 Å². The van der Waals surface area contributed by atoms with Crippen molar-refractivity contribution in [3.8, 4) is 0 Å². The minimum atomic E-state index is -0.824. The number of hydrogen-bond donors (Lipinski definition) is 0. The summed E-state index contributed by atoms with van der Waals surface area (Å²) < 4.78 is 5.33. The van der Waals surface area contributed by atoms with Crippen LogP contribution in [0.25, 0.3) is 0 Å². The van der Waals surface area contributed by atoms with E-state index in [9.17, 15) is 14.4 Å². The topological polar surface area (TPSA) is 66.9 Å². The number of carbonyl (C=O) groups excluding carboxylic acids is 3. The Morgan fingerprint density at radius 1 is 1.24 bits per heavy atom. The molecule has 0 spiro atoms. The molecule has 25 heavy (non-hydrogen) atoms. The number of likely N-dealkylation sites (tertiary alicyclic amines) is 1. The van der Waals surface area contributed by atoms with E-state index in [0.717, 1.165) is 12.8 Å². The van der Waals surface area contributed by atoms with Gasteiger partial charge in [-0.3, -0.25) is 14.4 Å². The van der Waals surface area contributed by atoms with E-state index in [0.29, 0.717) is 23.8 Å². The fourth-order valence-corrected chi connectivity index (χ4v) is 3.52. The monoisotopic (exact) mass is 364 g/mol. The summed E-state index contributed by atoms with van der Waals surface area (Å²) in [6, 6.07) is 7.01. The molecule has 0 aliphatic carbocycles. The highest BCUT2D eigenvalue weighted by atomic mass is 35.5. The first-order valence-electron chi connectivity index (χ1n) is 8.51. The zero-order valence-corrected chi connectivity index (χ0v) is 14.9. The maximum atomic E-state index is 12.4.